The summed E-state index contributed by atoms with van der Waals surface area (Å²) in [6.07, 6.45) is 2.37. The minimum Gasteiger partial charge on any atom is -0.330 e. The van der Waals surface area contributed by atoms with Crippen LogP contribution in [0.25, 0.3) is 0 Å². The summed E-state index contributed by atoms with van der Waals surface area (Å²) in [5, 5.41) is 0. The van der Waals surface area contributed by atoms with Crippen molar-refractivity contribution < 1.29 is 0 Å². The molecule has 0 aromatic heterocycles. The molecule has 0 radical (unpaired) electrons. The van der Waals surface area contributed by atoms with Gasteiger partial charge in [0, 0.05) is 31.7 Å². The number of hydrogen-bond acceptors (Lipinski definition) is 3. The van der Waals surface area contributed by atoms with Gasteiger partial charge in [0.2, 0.25) is 0 Å². The van der Waals surface area contributed by atoms with E-state index in [0.717, 1.165) is 19.5 Å². The van der Waals surface area contributed by atoms with Gasteiger partial charge >= 0.3 is 0 Å². The lowest BCUT2D eigenvalue weighted by Crippen LogP contribution is -2.56. The first-order valence-corrected chi connectivity index (χ1v) is 7.92. The molecule has 2 atom stereocenters. The molecule has 1 fully saturated rings. The summed E-state index contributed by atoms with van der Waals surface area (Å²) in [6, 6.07) is 12.1. The first-order valence-electron chi connectivity index (χ1n) is 7.92. The number of hydrogen-bond donors (Lipinski definition) is 1. The van der Waals surface area contributed by atoms with Gasteiger partial charge in [-0.2, -0.15) is 0 Å². The number of benzene rings is 1. The predicted molar refractivity (Wildman–Crippen MR) is 85.6 cm³/mol. The molecule has 1 aliphatic heterocycles. The molecule has 1 aliphatic rings. The molecule has 0 bridgehead atoms. The van der Waals surface area contributed by atoms with Gasteiger partial charge in [-0.05, 0) is 45.3 Å². The van der Waals surface area contributed by atoms with Crippen molar-refractivity contribution in [1.82, 2.24) is 9.80 Å². The number of piperazine rings is 1. The van der Waals surface area contributed by atoms with Crippen molar-refractivity contribution >= 4 is 0 Å². The molecule has 3 nitrogen and oxygen atoms in total. The lowest BCUT2D eigenvalue weighted by molar-refractivity contribution is 0.0369. The van der Waals surface area contributed by atoms with Gasteiger partial charge in [0.1, 0.15) is 0 Å². The van der Waals surface area contributed by atoms with Gasteiger partial charge in [0.05, 0.1) is 0 Å². The van der Waals surface area contributed by atoms with Gasteiger partial charge in [-0.3, -0.25) is 9.80 Å². The van der Waals surface area contributed by atoms with Gasteiger partial charge in [-0.25, -0.2) is 0 Å². The van der Waals surface area contributed by atoms with E-state index in [0.29, 0.717) is 12.1 Å². The van der Waals surface area contributed by atoms with Crippen LogP contribution in [-0.2, 0) is 6.54 Å². The third kappa shape index (κ3) is 4.30. The summed E-state index contributed by atoms with van der Waals surface area (Å²) in [6.45, 7) is 10.1. The Morgan fingerprint density at radius 1 is 1.00 bits per heavy atom. The van der Waals surface area contributed by atoms with Crippen molar-refractivity contribution in [3.8, 4) is 0 Å². The van der Waals surface area contributed by atoms with Crippen LogP contribution in [0.2, 0.25) is 0 Å². The summed E-state index contributed by atoms with van der Waals surface area (Å²) in [7, 11) is 0. The molecule has 112 valence electrons. The second-order valence-electron chi connectivity index (χ2n) is 6.10. The van der Waals surface area contributed by atoms with Crippen molar-refractivity contribution in [3.63, 3.8) is 0 Å². The van der Waals surface area contributed by atoms with E-state index in [-0.39, 0.29) is 0 Å². The Morgan fingerprint density at radius 3 is 2.35 bits per heavy atom. The van der Waals surface area contributed by atoms with Gasteiger partial charge in [0.15, 0.2) is 0 Å². The molecule has 0 amide bonds. The topological polar surface area (TPSA) is 32.5 Å². The Bertz CT molecular complexity index is 379. The molecule has 1 heterocycles. The van der Waals surface area contributed by atoms with E-state index in [1.165, 1.54) is 31.6 Å². The Kier molecular flexibility index (Phi) is 6.02. The van der Waals surface area contributed by atoms with E-state index in [1.807, 2.05) is 0 Å². The zero-order valence-corrected chi connectivity index (χ0v) is 13.0. The van der Waals surface area contributed by atoms with Crippen LogP contribution in [-0.4, -0.2) is 48.1 Å². The normalized spacial score (nSPS) is 24.9. The van der Waals surface area contributed by atoms with Gasteiger partial charge in [0.25, 0.3) is 0 Å². The molecule has 0 aliphatic carbocycles. The molecule has 0 saturated carbocycles. The summed E-state index contributed by atoms with van der Waals surface area (Å²) in [5.41, 5.74) is 7.01. The highest BCUT2D eigenvalue weighted by Crippen LogP contribution is 2.18. The highest BCUT2D eigenvalue weighted by Gasteiger charge is 2.28. The Balaban J connectivity index is 1.86. The smallest absolute Gasteiger partial charge is 0.0237 e. The number of nitrogens with two attached hydrogens (primary N) is 1. The molecule has 2 unspecified atom stereocenters. The fourth-order valence-corrected chi connectivity index (χ4v) is 3.08. The molecular formula is C17H29N3. The van der Waals surface area contributed by atoms with E-state index >= 15 is 0 Å². The van der Waals surface area contributed by atoms with E-state index < -0.39 is 0 Å². The van der Waals surface area contributed by atoms with Crippen molar-refractivity contribution in [2.24, 2.45) is 5.73 Å². The molecular weight excluding hydrogens is 246 g/mol. The molecule has 3 heteroatoms. The zero-order valence-electron chi connectivity index (χ0n) is 13.0. The first kappa shape index (κ1) is 15.5. The van der Waals surface area contributed by atoms with E-state index in [4.69, 9.17) is 5.73 Å². The van der Waals surface area contributed by atoms with Crippen LogP contribution in [0.1, 0.15) is 32.3 Å². The maximum absolute atomic E-state index is 5.59. The zero-order chi connectivity index (χ0) is 14.4. The number of nitrogens with zero attached hydrogens (tertiary/aromatic N) is 2. The Hall–Kier alpha value is -0.900. The quantitative estimate of drug-likeness (QED) is 0.809. The van der Waals surface area contributed by atoms with Crippen LogP contribution in [0.3, 0.4) is 0 Å². The SMILES string of the molecule is CC1CN(Cc2ccccc2)C(C)CN1CCCCN. The minimum absolute atomic E-state index is 0.629. The molecule has 20 heavy (non-hydrogen) atoms. The van der Waals surface area contributed by atoms with Crippen molar-refractivity contribution in [3.05, 3.63) is 35.9 Å². The van der Waals surface area contributed by atoms with Crippen LogP contribution < -0.4 is 5.73 Å². The highest BCUT2D eigenvalue weighted by atomic mass is 15.3. The lowest BCUT2D eigenvalue weighted by atomic mass is 10.1. The highest BCUT2D eigenvalue weighted by molar-refractivity contribution is 5.14. The summed E-state index contributed by atoms with van der Waals surface area (Å²) >= 11 is 0. The minimum atomic E-state index is 0.629. The van der Waals surface area contributed by atoms with Crippen molar-refractivity contribution in [1.29, 1.82) is 0 Å². The van der Waals surface area contributed by atoms with E-state index in [2.05, 4.69) is 54.0 Å². The van der Waals surface area contributed by atoms with Gasteiger partial charge in [-0.15, -0.1) is 0 Å². The molecule has 2 N–H and O–H groups in total. The average Bonchev–Trinajstić information content (AvgIpc) is 2.45. The van der Waals surface area contributed by atoms with E-state index in [1.54, 1.807) is 0 Å². The Labute approximate surface area is 123 Å². The summed E-state index contributed by atoms with van der Waals surface area (Å²) in [5.74, 6) is 0. The number of rotatable bonds is 6. The molecule has 2 rings (SSSR count). The maximum atomic E-state index is 5.59. The van der Waals surface area contributed by atoms with Crippen molar-refractivity contribution in [2.45, 2.75) is 45.3 Å². The van der Waals surface area contributed by atoms with Crippen LogP contribution in [0.5, 0.6) is 0 Å². The predicted octanol–water partition coefficient (Wildman–Crippen LogP) is 2.32. The van der Waals surface area contributed by atoms with Crippen LogP contribution in [0.4, 0.5) is 0 Å². The second-order valence-corrected chi connectivity index (χ2v) is 6.10. The van der Waals surface area contributed by atoms with Crippen LogP contribution in [0.15, 0.2) is 30.3 Å². The van der Waals surface area contributed by atoms with Gasteiger partial charge < -0.3 is 5.73 Å². The van der Waals surface area contributed by atoms with Crippen LogP contribution >= 0.6 is 0 Å². The average molecular weight is 275 g/mol. The summed E-state index contributed by atoms with van der Waals surface area (Å²) < 4.78 is 0. The van der Waals surface area contributed by atoms with Gasteiger partial charge in [-0.1, -0.05) is 30.3 Å². The van der Waals surface area contributed by atoms with Crippen LogP contribution in [0, 0.1) is 0 Å². The molecule has 1 aromatic carbocycles. The standard InChI is InChI=1S/C17H29N3/c1-15-13-20(14-17-8-4-3-5-9-17)16(2)12-19(15)11-7-6-10-18/h3-5,8-9,15-16H,6-7,10-14,18H2,1-2H3. The van der Waals surface area contributed by atoms with E-state index in [9.17, 15) is 0 Å². The third-order valence-corrected chi connectivity index (χ3v) is 4.37. The largest absolute Gasteiger partial charge is 0.330 e. The molecule has 0 spiro atoms. The fraction of sp³-hybridized carbons (Fsp3) is 0.647. The number of unbranched alkanes of at least 4 members (excludes halogenated alkanes) is 1. The maximum Gasteiger partial charge on any atom is 0.0237 e. The molecule has 1 aromatic rings. The third-order valence-electron chi connectivity index (χ3n) is 4.37. The monoisotopic (exact) mass is 275 g/mol. The second kappa shape index (κ2) is 7.77. The van der Waals surface area contributed by atoms with Crippen molar-refractivity contribution in [2.75, 3.05) is 26.2 Å². The fourth-order valence-electron chi connectivity index (χ4n) is 3.08. The Morgan fingerprint density at radius 2 is 1.65 bits per heavy atom. The first-order chi connectivity index (χ1) is 9.70. The summed E-state index contributed by atoms with van der Waals surface area (Å²) in [4.78, 5) is 5.24. The molecule has 1 saturated heterocycles. The lowest BCUT2D eigenvalue weighted by Gasteiger charge is -2.44.